The number of carbonyl (C=O) groups is 2. The number of fused-ring (bicyclic) bond motifs is 1. The summed E-state index contributed by atoms with van der Waals surface area (Å²) in [7, 11) is 1.34. The number of benzene rings is 2. The highest BCUT2D eigenvalue weighted by atomic mass is 16.5. The SMILES string of the molecule is COC(=O)C1(NC(=O)[C@@H](N)C(C)C)CCc2cc(Oc3ccccc3)ccc2C1. The molecule has 6 nitrogen and oxygen atoms in total. The van der Waals surface area contributed by atoms with Crippen molar-refractivity contribution >= 4 is 11.9 Å². The van der Waals surface area contributed by atoms with Gasteiger partial charge in [0.2, 0.25) is 5.91 Å². The fourth-order valence-corrected chi connectivity index (χ4v) is 3.61. The number of aryl methyl sites for hydroxylation is 1. The number of para-hydroxylation sites is 1. The third-order valence-corrected chi connectivity index (χ3v) is 5.43. The topological polar surface area (TPSA) is 90.7 Å². The van der Waals surface area contributed by atoms with Gasteiger partial charge in [0.05, 0.1) is 13.2 Å². The second-order valence-electron chi connectivity index (χ2n) is 7.86. The average Bonchev–Trinajstić information content (AvgIpc) is 2.73. The Morgan fingerprint density at radius 3 is 2.45 bits per heavy atom. The molecule has 0 bridgehead atoms. The highest BCUT2D eigenvalue weighted by Gasteiger charge is 2.44. The molecule has 0 saturated heterocycles. The minimum absolute atomic E-state index is 0.0294. The first-order chi connectivity index (χ1) is 13.8. The van der Waals surface area contributed by atoms with E-state index in [1.54, 1.807) is 0 Å². The Morgan fingerprint density at radius 2 is 1.79 bits per heavy atom. The fourth-order valence-electron chi connectivity index (χ4n) is 3.61. The molecule has 0 aromatic heterocycles. The van der Waals surface area contributed by atoms with Gasteiger partial charge in [-0.2, -0.15) is 0 Å². The lowest BCUT2D eigenvalue weighted by Crippen LogP contribution is -2.61. The summed E-state index contributed by atoms with van der Waals surface area (Å²) in [6.45, 7) is 3.75. The van der Waals surface area contributed by atoms with E-state index in [0.29, 0.717) is 19.3 Å². The number of rotatable bonds is 6. The standard InChI is InChI=1S/C23H28N2O4/c1-15(2)20(24)21(26)25-23(22(27)28-3)12-11-16-13-19(10-9-17(16)14-23)29-18-7-5-4-6-8-18/h4-10,13,15,20H,11-12,14,24H2,1-3H3,(H,25,26)/t20-,23?/m0/s1. The molecule has 2 atom stereocenters. The lowest BCUT2D eigenvalue weighted by atomic mass is 9.77. The molecule has 1 amide bonds. The van der Waals surface area contributed by atoms with Crippen LogP contribution in [0.15, 0.2) is 48.5 Å². The first kappa shape index (κ1) is 20.9. The second kappa shape index (κ2) is 8.66. The van der Waals surface area contributed by atoms with Crippen LogP contribution in [0.3, 0.4) is 0 Å². The lowest BCUT2D eigenvalue weighted by molar-refractivity contribution is -0.152. The number of amides is 1. The Labute approximate surface area is 171 Å². The van der Waals surface area contributed by atoms with Crippen molar-refractivity contribution in [3.8, 4) is 11.5 Å². The molecular formula is C23H28N2O4. The van der Waals surface area contributed by atoms with Gasteiger partial charge in [-0.25, -0.2) is 4.79 Å². The number of nitrogens with two attached hydrogens (primary N) is 1. The summed E-state index contributed by atoms with van der Waals surface area (Å²) in [6.07, 6.45) is 1.42. The third-order valence-electron chi connectivity index (χ3n) is 5.43. The van der Waals surface area contributed by atoms with Gasteiger partial charge in [-0.1, -0.05) is 38.1 Å². The zero-order valence-corrected chi connectivity index (χ0v) is 17.1. The van der Waals surface area contributed by atoms with Crippen molar-refractivity contribution < 1.29 is 19.1 Å². The molecule has 2 aromatic carbocycles. The Balaban J connectivity index is 1.82. The minimum Gasteiger partial charge on any atom is -0.467 e. The fraction of sp³-hybridized carbons (Fsp3) is 0.391. The Kier molecular flexibility index (Phi) is 6.23. The van der Waals surface area contributed by atoms with E-state index in [9.17, 15) is 9.59 Å². The predicted molar refractivity (Wildman–Crippen MR) is 111 cm³/mol. The molecule has 154 valence electrons. The Morgan fingerprint density at radius 1 is 1.07 bits per heavy atom. The largest absolute Gasteiger partial charge is 0.467 e. The van der Waals surface area contributed by atoms with E-state index in [4.69, 9.17) is 15.2 Å². The molecule has 0 spiro atoms. The summed E-state index contributed by atoms with van der Waals surface area (Å²) in [4.78, 5) is 25.2. The van der Waals surface area contributed by atoms with Gasteiger partial charge in [-0.15, -0.1) is 0 Å². The van der Waals surface area contributed by atoms with Crippen LogP contribution in [-0.2, 0) is 27.2 Å². The van der Waals surface area contributed by atoms with Crippen molar-refractivity contribution in [1.29, 1.82) is 0 Å². The maximum absolute atomic E-state index is 12.6. The minimum atomic E-state index is -1.10. The van der Waals surface area contributed by atoms with Gasteiger partial charge >= 0.3 is 5.97 Å². The summed E-state index contributed by atoms with van der Waals surface area (Å²) in [5, 5.41) is 2.89. The van der Waals surface area contributed by atoms with Crippen LogP contribution in [0.5, 0.6) is 11.5 Å². The monoisotopic (exact) mass is 396 g/mol. The van der Waals surface area contributed by atoms with Gasteiger partial charge < -0.3 is 20.5 Å². The van der Waals surface area contributed by atoms with Crippen LogP contribution in [-0.4, -0.2) is 30.6 Å². The van der Waals surface area contributed by atoms with Crippen molar-refractivity contribution in [3.63, 3.8) is 0 Å². The molecule has 6 heteroatoms. The molecule has 2 aromatic rings. The zero-order chi connectivity index (χ0) is 21.0. The maximum Gasteiger partial charge on any atom is 0.331 e. The van der Waals surface area contributed by atoms with Crippen molar-refractivity contribution in [2.75, 3.05) is 7.11 Å². The van der Waals surface area contributed by atoms with Crippen LogP contribution in [0.25, 0.3) is 0 Å². The molecule has 29 heavy (non-hydrogen) atoms. The average molecular weight is 396 g/mol. The molecule has 1 aliphatic carbocycles. The third kappa shape index (κ3) is 4.59. The lowest BCUT2D eigenvalue weighted by Gasteiger charge is -2.37. The maximum atomic E-state index is 12.6. The first-order valence-electron chi connectivity index (χ1n) is 9.85. The van der Waals surface area contributed by atoms with Crippen LogP contribution in [0.4, 0.5) is 0 Å². The van der Waals surface area contributed by atoms with Crippen molar-refractivity contribution in [1.82, 2.24) is 5.32 Å². The van der Waals surface area contributed by atoms with Crippen LogP contribution in [0, 0.1) is 5.92 Å². The van der Waals surface area contributed by atoms with Gasteiger partial charge in [0.25, 0.3) is 0 Å². The zero-order valence-electron chi connectivity index (χ0n) is 17.1. The quantitative estimate of drug-likeness (QED) is 0.733. The summed E-state index contributed by atoms with van der Waals surface area (Å²) in [5.41, 5.74) is 6.96. The van der Waals surface area contributed by atoms with Gasteiger partial charge in [0, 0.05) is 6.42 Å². The van der Waals surface area contributed by atoms with E-state index >= 15 is 0 Å². The first-order valence-corrected chi connectivity index (χ1v) is 9.85. The Bertz CT molecular complexity index is 882. The summed E-state index contributed by atoms with van der Waals surface area (Å²) >= 11 is 0. The van der Waals surface area contributed by atoms with Gasteiger partial charge in [-0.05, 0) is 54.2 Å². The normalized spacial score (nSPS) is 19.2. The molecule has 0 aliphatic heterocycles. The van der Waals surface area contributed by atoms with E-state index in [1.165, 1.54) is 7.11 Å². The van der Waals surface area contributed by atoms with Crippen LogP contribution < -0.4 is 15.8 Å². The highest BCUT2D eigenvalue weighted by Crippen LogP contribution is 2.33. The van der Waals surface area contributed by atoms with Crippen molar-refractivity contribution in [2.45, 2.75) is 44.7 Å². The number of esters is 1. The molecule has 3 N–H and O–H groups in total. The number of ether oxygens (including phenoxy) is 2. The van der Waals surface area contributed by atoms with Gasteiger partial charge in [0.15, 0.2) is 0 Å². The van der Waals surface area contributed by atoms with E-state index < -0.39 is 17.6 Å². The second-order valence-corrected chi connectivity index (χ2v) is 7.86. The van der Waals surface area contributed by atoms with Crippen molar-refractivity contribution in [3.05, 3.63) is 59.7 Å². The summed E-state index contributed by atoms with van der Waals surface area (Å²) < 4.78 is 10.9. The smallest absolute Gasteiger partial charge is 0.331 e. The molecule has 1 unspecified atom stereocenters. The van der Waals surface area contributed by atoms with Crippen LogP contribution >= 0.6 is 0 Å². The predicted octanol–water partition coefficient (Wildman–Crippen LogP) is 2.98. The molecular weight excluding hydrogens is 368 g/mol. The molecule has 0 saturated carbocycles. The van der Waals surface area contributed by atoms with E-state index in [1.807, 2.05) is 62.4 Å². The van der Waals surface area contributed by atoms with Gasteiger partial charge in [-0.3, -0.25) is 4.79 Å². The Hall–Kier alpha value is -2.86. The number of hydrogen-bond donors (Lipinski definition) is 2. The van der Waals surface area contributed by atoms with Crippen LogP contribution in [0.2, 0.25) is 0 Å². The summed E-state index contributed by atoms with van der Waals surface area (Å²) in [5.74, 6) is 0.696. The molecule has 0 radical (unpaired) electrons. The van der Waals surface area contributed by atoms with Crippen LogP contribution in [0.1, 0.15) is 31.4 Å². The number of methoxy groups -OCH3 is 1. The van der Waals surface area contributed by atoms with Crippen molar-refractivity contribution in [2.24, 2.45) is 11.7 Å². The number of carbonyl (C=O) groups excluding carboxylic acids is 2. The molecule has 1 aliphatic rings. The van der Waals surface area contributed by atoms with E-state index in [-0.39, 0.29) is 11.8 Å². The van der Waals surface area contributed by atoms with E-state index in [0.717, 1.165) is 22.6 Å². The molecule has 0 fully saturated rings. The molecule has 0 heterocycles. The highest BCUT2D eigenvalue weighted by molar-refractivity contribution is 5.91. The number of hydrogen-bond acceptors (Lipinski definition) is 5. The number of nitrogens with one attached hydrogen (secondary N) is 1. The van der Waals surface area contributed by atoms with Gasteiger partial charge in [0.1, 0.15) is 17.0 Å². The van der Waals surface area contributed by atoms with E-state index in [2.05, 4.69) is 5.32 Å². The summed E-state index contributed by atoms with van der Waals surface area (Å²) in [6, 6.07) is 14.7. The molecule has 3 rings (SSSR count).